The van der Waals surface area contributed by atoms with Crippen LogP contribution in [-0.4, -0.2) is 281 Å². The number of para-hydroxylation sites is 1. The Kier molecular flexibility index (Phi) is 40.1. The number of carbonyl (C=O) groups excluding carboxylic acids is 15. The first-order valence-electron chi connectivity index (χ1n) is 43.6. The third-order valence-electron chi connectivity index (χ3n) is 22.6. The molecule has 35 nitrogen and oxygen atoms in total. The number of aliphatic hydroxyl groups is 1. The molecule has 37 heteroatoms. The lowest BCUT2D eigenvalue weighted by molar-refractivity contribution is -0.151. The molecule has 8 rings (SSSR count). The summed E-state index contributed by atoms with van der Waals surface area (Å²) < 4.78 is 11.2. The quantitative estimate of drug-likeness (QED) is 0.0365. The molecule has 1 aliphatic rings. The summed E-state index contributed by atoms with van der Waals surface area (Å²) in [5.74, 6) is -14.5. The number of rotatable bonds is 25. The minimum Gasteiger partial charge on any atom is -0.508 e. The van der Waals surface area contributed by atoms with Crippen LogP contribution in [0.2, 0.25) is 0 Å². The van der Waals surface area contributed by atoms with Crippen LogP contribution >= 0.6 is 20.6 Å². The van der Waals surface area contributed by atoms with Crippen LogP contribution in [0.15, 0.2) is 164 Å². The highest BCUT2D eigenvalue weighted by molar-refractivity contribution is 8.00. The Balaban J connectivity index is 1.23. The van der Waals surface area contributed by atoms with E-state index in [0.29, 0.717) is 62.9 Å². The van der Waals surface area contributed by atoms with Crippen molar-refractivity contribution in [2.45, 2.75) is 172 Å². The van der Waals surface area contributed by atoms with Crippen LogP contribution < -0.4 is 63.1 Å². The number of primary amides is 1. The van der Waals surface area contributed by atoms with E-state index in [-0.39, 0.29) is 74.5 Å². The highest BCUT2D eigenvalue weighted by Crippen LogP contribution is 2.30. The van der Waals surface area contributed by atoms with E-state index in [0.717, 1.165) is 26.5 Å². The van der Waals surface area contributed by atoms with E-state index < -0.39 is 198 Å². The monoisotopic (exact) mass is 1850 g/mol. The predicted molar refractivity (Wildman–Crippen MR) is 501 cm³/mol. The number of benzene rings is 6. The van der Waals surface area contributed by atoms with Gasteiger partial charge in [-0.25, -0.2) is 0 Å². The summed E-state index contributed by atoms with van der Waals surface area (Å²) in [5.41, 5.74) is 8.73. The lowest BCUT2D eigenvalue weighted by Gasteiger charge is -2.37. The van der Waals surface area contributed by atoms with Gasteiger partial charge in [0.1, 0.15) is 72.2 Å². The number of hydrogen-bond donors (Lipinski definition) is 13. The number of nitrogens with one attached hydrogen (secondary N) is 10. The van der Waals surface area contributed by atoms with Crippen LogP contribution in [0.5, 0.6) is 17.2 Å². The van der Waals surface area contributed by atoms with Crippen LogP contribution in [-0.2, 0) is 110 Å². The van der Waals surface area contributed by atoms with Gasteiger partial charge in [-0.15, -0.1) is 11.8 Å². The predicted octanol–water partition coefficient (Wildman–Crippen LogP) is 3.20. The van der Waals surface area contributed by atoms with Crippen molar-refractivity contribution >= 4 is 126 Å². The highest BCUT2D eigenvalue weighted by atomic mass is 32.2. The Hall–Kier alpha value is -13.2. The molecule has 0 saturated carbocycles. The molecule has 15 amide bonds. The van der Waals surface area contributed by atoms with Crippen LogP contribution in [0, 0.1) is 11.8 Å². The molecule has 1 fully saturated rings. The van der Waals surface area contributed by atoms with Gasteiger partial charge in [-0.2, -0.15) is 0 Å². The zero-order valence-corrected chi connectivity index (χ0v) is 78.3. The standard InChI is InChI=1S/C95H123N16O19PS/c1-13-14-34-74-93(126)108(7)53-81(115)100-70(49-83(117)131)89(122)106-84(57(4)5)95(128)110(9)75(45-59-28-20-16-21-29-59)90(123)104-71(44-62-37-40-77(129-11)78(47-62)130-12)91(124)107(6)52-80(114)99-69(48-63-50-97-66-33-25-24-32-65(63)66)88(121)103-68(42-61-35-38-64(112)39-36-61)87(120)102-67(41-56(2)3)86(119)105-73(85(118)98-51-79(96)113)54-132-55-82(116)101-72(43-58-26-18-15-19-27-58)92(125)111(10)76(94(127)109(74)8)46-60-30-22-17-23-31-60/h15-33,35-40,47,50,56-57,67-76,84,97,112,117,131H,13-14,34,41-46,48-49,51-55H2,1-12H3,(H2,96,113)(H,98,118)(H,99,114)(H,100,115)(H,101,116)(H,102,120)(H,103,121)(H,104,123)(H,105,119)(H,106,122)/t67-,68-,69-,70-,71-,72-,73-,74-,75-,76-,84-/m0/s1. The largest absolute Gasteiger partial charge is 0.508 e. The molecule has 708 valence electrons. The average molecular weight is 1860 g/mol. The fraction of sp³-hybridized carbons (Fsp3) is 0.432. The molecule has 1 saturated heterocycles. The number of aromatic hydroxyl groups is 1. The van der Waals surface area contributed by atoms with Crippen molar-refractivity contribution in [3.8, 4) is 17.2 Å². The molecule has 1 aliphatic heterocycles. The van der Waals surface area contributed by atoms with Crippen molar-refractivity contribution in [3.63, 3.8) is 0 Å². The molecule has 0 unspecified atom stereocenters. The first-order valence-corrected chi connectivity index (χ1v) is 45.3. The number of nitrogens with two attached hydrogens (primary N) is 1. The number of unbranched alkanes of at least 4 members (excludes halogenated alkanes) is 1. The third kappa shape index (κ3) is 31.0. The first-order chi connectivity index (χ1) is 62.9. The Bertz CT molecular complexity index is 5190. The minimum absolute atomic E-state index is 0.0643. The van der Waals surface area contributed by atoms with Crippen molar-refractivity contribution in [1.29, 1.82) is 0 Å². The van der Waals surface area contributed by atoms with E-state index in [2.05, 4.69) is 61.7 Å². The Morgan fingerprint density at radius 2 is 0.977 bits per heavy atom. The van der Waals surface area contributed by atoms with Crippen molar-refractivity contribution in [1.82, 2.24) is 77.3 Å². The number of methoxy groups -OCH3 is 2. The Labute approximate surface area is 774 Å². The lowest BCUT2D eigenvalue weighted by Crippen LogP contribution is -2.61. The number of nitrogens with zero attached hydrogens (tertiary/aromatic N) is 5. The third-order valence-corrected chi connectivity index (χ3v) is 23.8. The van der Waals surface area contributed by atoms with Crippen molar-refractivity contribution in [2.24, 2.45) is 17.6 Å². The molecule has 0 spiro atoms. The maximum absolute atomic E-state index is 15.6. The van der Waals surface area contributed by atoms with Gasteiger partial charge in [-0.1, -0.05) is 184 Å². The number of hydrogen-bond acceptors (Lipinski definition) is 19. The van der Waals surface area contributed by atoms with Gasteiger partial charge in [0.25, 0.3) is 0 Å². The van der Waals surface area contributed by atoms with E-state index in [9.17, 15) is 39.0 Å². The van der Waals surface area contributed by atoms with Gasteiger partial charge in [-0.05, 0) is 88.4 Å². The molecular weight excluding hydrogens is 1730 g/mol. The normalized spacial score (nSPS) is 21.6. The number of phenols is 1. The molecule has 1 aromatic heterocycles. The number of aromatic nitrogens is 1. The van der Waals surface area contributed by atoms with Crippen LogP contribution in [0.4, 0.5) is 0 Å². The second-order valence-electron chi connectivity index (χ2n) is 33.6. The fourth-order valence-electron chi connectivity index (χ4n) is 15.3. The summed E-state index contributed by atoms with van der Waals surface area (Å²) in [7, 11) is 12.6. The number of ether oxygens (including phenoxy) is 2. The van der Waals surface area contributed by atoms with E-state index in [4.69, 9.17) is 15.2 Å². The molecule has 0 aliphatic carbocycles. The van der Waals surface area contributed by atoms with E-state index in [1.54, 1.807) is 167 Å². The summed E-state index contributed by atoms with van der Waals surface area (Å²) >= 11 is 0.841. The molecule has 7 aromatic rings. The second-order valence-corrected chi connectivity index (χ2v) is 35.2. The van der Waals surface area contributed by atoms with Crippen LogP contribution in [0.3, 0.4) is 0 Å². The molecule has 11 atom stereocenters. The number of likely N-dealkylation sites (N-methyl/N-ethyl adjacent to an activating group) is 5. The number of amides is 15. The maximum Gasteiger partial charge on any atom is 0.246 e. The maximum atomic E-state index is 15.6. The molecule has 14 N–H and O–H groups in total. The van der Waals surface area contributed by atoms with Gasteiger partial charge in [-0.3, -0.25) is 71.9 Å². The zero-order chi connectivity index (χ0) is 96.6. The smallest absolute Gasteiger partial charge is 0.246 e. The van der Waals surface area contributed by atoms with E-state index >= 15 is 43.2 Å². The van der Waals surface area contributed by atoms with Crippen molar-refractivity contribution in [3.05, 3.63) is 197 Å². The average Bonchev–Trinajstić information content (AvgIpc) is 1.78. The Morgan fingerprint density at radius 3 is 1.55 bits per heavy atom. The van der Waals surface area contributed by atoms with Crippen molar-refractivity contribution in [2.75, 3.05) is 80.6 Å². The van der Waals surface area contributed by atoms with Gasteiger partial charge in [0.05, 0.1) is 45.1 Å². The first kappa shape index (κ1) is 104. The topological polar surface area (TPSA) is 481 Å². The summed E-state index contributed by atoms with van der Waals surface area (Å²) in [6.45, 7) is 6.43. The summed E-state index contributed by atoms with van der Waals surface area (Å²) in [4.78, 5) is 232. The summed E-state index contributed by atoms with van der Waals surface area (Å²) in [6.07, 6.45) is 0.759. The minimum atomic E-state index is -1.65. The summed E-state index contributed by atoms with van der Waals surface area (Å²) in [6, 6.07) is 27.2. The SMILES string of the molecule is CCCC[C@H]1C(=O)N(C)CC(=O)N[C@@H](CC(O)=P)C(=O)N[C@@H](C(C)C)C(=O)N(C)[C@@H](Cc2ccccc2)C(=O)N[C@@H](Cc2ccc(OC)c(OC)c2)C(=O)N(C)CC(=O)N[C@@H](Cc2c[nH]c3ccccc23)C(=O)N[C@@H](Cc2ccc(O)cc2)C(=O)N[C@@H](CC(C)C)C(=O)N[C@H](C(=O)NCC(N)=O)CSCC(=O)N[C@@H](Cc2ccccc2)C(=O)N(C)[C@@H](Cc2ccccc2)C(=O)N1C. The second kappa shape index (κ2) is 50.8. The molecule has 6 aromatic carbocycles. The zero-order valence-electron chi connectivity index (χ0n) is 76.5. The van der Waals surface area contributed by atoms with Gasteiger partial charge in [0, 0.05) is 103 Å². The molecule has 132 heavy (non-hydrogen) atoms. The van der Waals surface area contributed by atoms with Crippen LogP contribution in [0.1, 0.15) is 100 Å². The number of carbonyl (C=O) groups is 15. The van der Waals surface area contributed by atoms with Gasteiger partial charge < -0.3 is 103 Å². The van der Waals surface area contributed by atoms with Gasteiger partial charge in [0.15, 0.2) is 11.5 Å². The number of thioether (sulfide) groups is 1. The van der Waals surface area contributed by atoms with Gasteiger partial charge in [0.2, 0.25) is 88.6 Å². The Morgan fingerprint density at radius 1 is 0.500 bits per heavy atom. The molecule has 0 bridgehead atoms. The number of aromatic amines is 1. The molecule has 2 heterocycles. The molecule has 0 radical (unpaired) electrons. The molecular formula is C95H123N16O19PS. The van der Waals surface area contributed by atoms with E-state index in [1.165, 1.54) is 83.5 Å². The number of fused-ring (bicyclic) bond motifs is 1. The highest BCUT2D eigenvalue weighted by Gasteiger charge is 2.42. The lowest BCUT2D eigenvalue weighted by atomic mass is 9.98. The number of phenolic OH excluding ortho intramolecular Hbond substituents is 1. The van der Waals surface area contributed by atoms with E-state index in [1.807, 2.05) is 6.92 Å². The number of H-pyrrole nitrogens is 1. The number of aliphatic hydroxyl groups excluding tert-OH is 1. The van der Waals surface area contributed by atoms with Crippen molar-refractivity contribution < 1.29 is 91.6 Å². The van der Waals surface area contributed by atoms with Gasteiger partial charge >= 0.3 is 0 Å². The fourth-order valence-corrected chi connectivity index (χ4v) is 16.4. The van der Waals surface area contributed by atoms with Crippen LogP contribution in [0.25, 0.3) is 10.9 Å². The summed E-state index contributed by atoms with van der Waals surface area (Å²) in [5, 5.41) is 46.3.